The van der Waals surface area contributed by atoms with Crippen molar-refractivity contribution in [2.24, 2.45) is 0 Å². The van der Waals surface area contributed by atoms with E-state index in [0.717, 1.165) is 24.2 Å². The lowest BCUT2D eigenvalue weighted by molar-refractivity contribution is -0.116. The fourth-order valence-electron chi connectivity index (χ4n) is 2.74. The van der Waals surface area contributed by atoms with E-state index in [1.54, 1.807) is 31.4 Å². The van der Waals surface area contributed by atoms with Gasteiger partial charge in [0.25, 0.3) is 0 Å². The molecule has 0 radical (unpaired) electrons. The zero-order valence-corrected chi connectivity index (χ0v) is 17.6. The molecule has 8 heteroatoms. The predicted molar refractivity (Wildman–Crippen MR) is 115 cm³/mol. The summed E-state index contributed by atoms with van der Waals surface area (Å²) >= 11 is 0. The van der Waals surface area contributed by atoms with E-state index in [1.165, 1.54) is 0 Å². The Labute approximate surface area is 180 Å². The average Bonchev–Trinajstić information content (AvgIpc) is 3.27. The summed E-state index contributed by atoms with van der Waals surface area (Å²) in [5.74, 6) is 1.02. The maximum absolute atomic E-state index is 12.2. The summed E-state index contributed by atoms with van der Waals surface area (Å²) in [7, 11) is 1.60. The lowest BCUT2D eigenvalue weighted by Gasteiger charge is -2.06. The average molecular weight is 423 g/mol. The van der Waals surface area contributed by atoms with Gasteiger partial charge in [-0.1, -0.05) is 18.5 Å². The van der Waals surface area contributed by atoms with Gasteiger partial charge < -0.3 is 19.3 Å². The number of hydrogen-bond acceptors (Lipinski definition) is 7. The second-order valence-electron chi connectivity index (χ2n) is 6.86. The molecule has 3 aromatic rings. The summed E-state index contributed by atoms with van der Waals surface area (Å²) in [5, 5.41) is 6.74. The van der Waals surface area contributed by atoms with Crippen LogP contribution in [0.4, 0.5) is 5.69 Å². The van der Waals surface area contributed by atoms with E-state index in [4.69, 9.17) is 14.0 Å². The van der Waals surface area contributed by atoms with Crippen LogP contribution in [-0.4, -0.2) is 35.7 Å². The van der Waals surface area contributed by atoms with Crippen molar-refractivity contribution < 1.29 is 23.6 Å². The van der Waals surface area contributed by atoms with Crippen molar-refractivity contribution in [3.05, 3.63) is 60.0 Å². The number of amides is 1. The van der Waals surface area contributed by atoms with Gasteiger partial charge >= 0.3 is 5.97 Å². The summed E-state index contributed by atoms with van der Waals surface area (Å²) in [6.45, 7) is 2.44. The number of nitrogens with one attached hydrogen (secondary N) is 1. The van der Waals surface area contributed by atoms with Crippen LogP contribution in [0.3, 0.4) is 0 Å². The number of carbonyl (C=O) groups is 2. The molecule has 3 rings (SSSR count). The van der Waals surface area contributed by atoms with Crippen molar-refractivity contribution in [1.82, 2.24) is 10.1 Å². The molecule has 0 bridgehead atoms. The highest BCUT2D eigenvalue weighted by Crippen LogP contribution is 2.20. The molecule has 8 nitrogen and oxygen atoms in total. The molecule has 1 N–H and O–H groups in total. The van der Waals surface area contributed by atoms with Crippen molar-refractivity contribution in [2.45, 2.75) is 32.6 Å². The number of aryl methyl sites for hydroxylation is 1. The molecule has 1 aromatic heterocycles. The minimum absolute atomic E-state index is 0.186. The number of benzene rings is 2. The molecule has 0 aliphatic rings. The van der Waals surface area contributed by atoms with Crippen molar-refractivity contribution in [3.8, 4) is 17.1 Å². The normalized spacial score (nSPS) is 10.5. The van der Waals surface area contributed by atoms with Gasteiger partial charge in [0.1, 0.15) is 5.75 Å². The van der Waals surface area contributed by atoms with E-state index >= 15 is 0 Å². The number of anilines is 1. The van der Waals surface area contributed by atoms with E-state index in [1.807, 2.05) is 31.2 Å². The second kappa shape index (κ2) is 10.9. The Morgan fingerprint density at radius 3 is 2.48 bits per heavy atom. The number of rotatable bonds is 10. The monoisotopic (exact) mass is 423 g/mol. The van der Waals surface area contributed by atoms with Gasteiger partial charge in [-0.05, 0) is 55.0 Å². The number of methoxy groups -OCH3 is 1. The fourth-order valence-corrected chi connectivity index (χ4v) is 2.74. The molecule has 0 saturated heterocycles. The highest BCUT2D eigenvalue weighted by atomic mass is 16.5. The standard InChI is InChI=1S/C23H25N3O5/c1-3-4-15-30-23(28)17-5-9-18(10-6-17)24-20(27)13-14-21-25-22(26-31-21)16-7-11-19(29-2)12-8-16/h5-12H,3-4,13-15H2,1-2H3,(H,24,27). The molecule has 0 saturated carbocycles. The number of ether oxygens (including phenoxy) is 2. The molecule has 162 valence electrons. The van der Waals surface area contributed by atoms with Gasteiger partial charge in [-0.25, -0.2) is 4.79 Å². The van der Waals surface area contributed by atoms with E-state index in [9.17, 15) is 9.59 Å². The number of unbranched alkanes of at least 4 members (excludes halogenated alkanes) is 1. The first kappa shape index (κ1) is 22.0. The van der Waals surface area contributed by atoms with E-state index < -0.39 is 0 Å². The molecule has 0 aliphatic heterocycles. The van der Waals surface area contributed by atoms with Gasteiger partial charge in [0.15, 0.2) is 0 Å². The van der Waals surface area contributed by atoms with Gasteiger partial charge in [-0.2, -0.15) is 4.98 Å². The summed E-state index contributed by atoms with van der Waals surface area (Å²) in [5.41, 5.74) is 1.85. The van der Waals surface area contributed by atoms with Crippen LogP contribution in [0.5, 0.6) is 5.75 Å². The molecule has 2 aromatic carbocycles. The van der Waals surface area contributed by atoms with Crippen LogP contribution in [0, 0.1) is 0 Å². The Balaban J connectivity index is 1.48. The van der Waals surface area contributed by atoms with Crippen LogP contribution in [-0.2, 0) is 16.0 Å². The quantitative estimate of drug-likeness (QED) is 0.383. The lowest BCUT2D eigenvalue weighted by Crippen LogP contribution is -2.13. The largest absolute Gasteiger partial charge is 0.497 e. The maximum Gasteiger partial charge on any atom is 0.338 e. The van der Waals surface area contributed by atoms with Crippen LogP contribution < -0.4 is 10.1 Å². The first-order valence-electron chi connectivity index (χ1n) is 10.1. The number of hydrogen-bond donors (Lipinski definition) is 1. The molecule has 1 amide bonds. The summed E-state index contributed by atoms with van der Waals surface area (Å²) in [6.07, 6.45) is 2.30. The molecule has 31 heavy (non-hydrogen) atoms. The summed E-state index contributed by atoms with van der Waals surface area (Å²) < 4.78 is 15.5. The minimum atomic E-state index is -0.365. The molecule has 1 heterocycles. The minimum Gasteiger partial charge on any atom is -0.497 e. The maximum atomic E-state index is 12.2. The Hall–Kier alpha value is -3.68. The van der Waals surface area contributed by atoms with Gasteiger partial charge in [0, 0.05) is 24.1 Å². The van der Waals surface area contributed by atoms with Crippen LogP contribution in [0.1, 0.15) is 42.4 Å². The number of carbonyl (C=O) groups excluding carboxylic acids is 2. The van der Waals surface area contributed by atoms with Crippen molar-refractivity contribution >= 4 is 17.6 Å². The zero-order chi connectivity index (χ0) is 22.1. The number of aromatic nitrogens is 2. The SMILES string of the molecule is CCCCOC(=O)c1ccc(NC(=O)CCc2nc(-c3ccc(OC)cc3)no2)cc1. The lowest BCUT2D eigenvalue weighted by atomic mass is 10.2. The molecular weight excluding hydrogens is 398 g/mol. The van der Waals surface area contributed by atoms with Gasteiger partial charge in [-0.3, -0.25) is 4.79 Å². The first-order valence-corrected chi connectivity index (χ1v) is 10.1. The number of nitrogens with zero attached hydrogens (tertiary/aromatic N) is 2. The molecule has 0 spiro atoms. The topological polar surface area (TPSA) is 104 Å². The smallest absolute Gasteiger partial charge is 0.338 e. The summed E-state index contributed by atoms with van der Waals surface area (Å²) in [6, 6.07) is 13.9. The third kappa shape index (κ3) is 6.40. The Bertz CT molecular complexity index is 997. The van der Waals surface area contributed by atoms with E-state index in [2.05, 4.69) is 15.5 Å². The van der Waals surface area contributed by atoms with Crippen molar-refractivity contribution in [2.75, 3.05) is 19.0 Å². The van der Waals surface area contributed by atoms with E-state index in [-0.39, 0.29) is 18.3 Å². The highest BCUT2D eigenvalue weighted by molar-refractivity contribution is 5.93. The predicted octanol–water partition coefficient (Wildman–Crippen LogP) is 4.27. The second-order valence-corrected chi connectivity index (χ2v) is 6.86. The third-order valence-electron chi connectivity index (χ3n) is 4.52. The number of esters is 1. The first-order chi connectivity index (χ1) is 15.1. The fraction of sp³-hybridized carbons (Fsp3) is 0.304. The zero-order valence-electron chi connectivity index (χ0n) is 17.6. The highest BCUT2D eigenvalue weighted by Gasteiger charge is 2.12. The molecular formula is C23H25N3O5. The van der Waals surface area contributed by atoms with Gasteiger partial charge in [-0.15, -0.1) is 0 Å². The molecule has 0 fully saturated rings. The van der Waals surface area contributed by atoms with Crippen molar-refractivity contribution in [3.63, 3.8) is 0 Å². The van der Waals surface area contributed by atoms with Crippen molar-refractivity contribution in [1.29, 1.82) is 0 Å². The van der Waals surface area contributed by atoms with Gasteiger partial charge in [0.05, 0.1) is 19.3 Å². The molecule has 0 atom stereocenters. The molecule has 0 aliphatic carbocycles. The Kier molecular flexibility index (Phi) is 7.75. The van der Waals surface area contributed by atoms with Crippen LogP contribution in [0.15, 0.2) is 53.1 Å². The van der Waals surface area contributed by atoms with Crippen LogP contribution >= 0.6 is 0 Å². The van der Waals surface area contributed by atoms with E-state index in [0.29, 0.717) is 36.0 Å². The van der Waals surface area contributed by atoms with Crippen LogP contribution in [0.25, 0.3) is 11.4 Å². The van der Waals surface area contributed by atoms with Crippen LogP contribution in [0.2, 0.25) is 0 Å². The Morgan fingerprint density at radius 2 is 1.81 bits per heavy atom. The molecule has 0 unspecified atom stereocenters. The third-order valence-corrected chi connectivity index (χ3v) is 4.52. The summed E-state index contributed by atoms with van der Waals surface area (Å²) in [4.78, 5) is 28.5. The Morgan fingerprint density at radius 1 is 1.06 bits per heavy atom. The van der Waals surface area contributed by atoms with Gasteiger partial charge in [0.2, 0.25) is 17.6 Å².